The van der Waals surface area contributed by atoms with E-state index in [1.807, 2.05) is 35.7 Å². The molecule has 2 N–H and O–H groups in total. The Morgan fingerprint density at radius 1 is 1.03 bits per heavy atom. The lowest BCUT2D eigenvalue weighted by Gasteiger charge is -2.11. The van der Waals surface area contributed by atoms with E-state index in [9.17, 15) is 9.59 Å². The average Bonchev–Trinajstić information content (AvgIpc) is 3.37. The van der Waals surface area contributed by atoms with E-state index >= 15 is 0 Å². The molecule has 1 aromatic heterocycles. The molecular weight excluding hydrogens is 424 g/mol. The van der Waals surface area contributed by atoms with Gasteiger partial charge in [0.1, 0.15) is 0 Å². The summed E-state index contributed by atoms with van der Waals surface area (Å²) in [4.78, 5) is 27.2. The van der Waals surface area contributed by atoms with Gasteiger partial charge in [-0.15, -0.1) is 23.1 Å². The van der Waals surface area contributed by atoms with E-state index in [0.29, 0.717) is 21.8 Å². The maximum Gasteiger partial charge on any atom is 0.256 e. The van der Waals surface area contributed by atoms with E-state index < -0.39 is 0 Å². The van der Waals surface area contributed by atoms with E-state index in [-0.39, 0.29) is 17.9 Å². The van der Waals surface area contributed by atoms with Crippen molar-refractivity contribution >= 4 is 52.2 Å². The maximum absolute atomic E-state index is 12.8. The first-order valence-electron chi connectivity index (χ1n) is 9.26. The minimum atomic E-state index is -0.203. The van der Waals surface area contributed by atoms with Crippen molar-refractivity contribution in [2.45, 2.75) is 29.5 Å². The molecule has 4 rings (SSSR count). The molecule has 0 radical (unpaired) electrons. The van der Waals surface area contributed by atoms with E-state index in [0.717, 1.165) is 23.5 Å². The molecule has 1 aliphatic carbocycles. The van der Waals surface area contributed by atoms with Crippen molar-refractivity contribution in [2.75, 3.05) is 5.32 Å². The summed E-state index contributed by atoms with van der Waals surface area (Å²) >= 11 is 9.62. The van der Waals surface area contributed by atoms with Gasteiger partial charge in [-0.3, -0.25) is 9.59 Å². The van der Waals surface area contributed by atoms with Gasteiger partial charge in [-0.1, -0.05) is 29.8 Å². The fourth-order valence-electron chi connectivity index (χ4n) is 2.79. The van der Waals surface area contributed by atoms with Gasteiger partial charge in [-0.25, -0.2) is 0 Å². The minimum absolute atomic E-state index is 0.175. The number of amides is 2. The van der Waals surface area contributed by atoms with Gasteiger partial charge in [0.05, 0.1) is 16.1 Å². The molecule has 0 saturated heterocycles. The Kier molecular flexibility index (Phi) is 6.23. The summed E-state index contributed by atoms with van der Waals surface area (Å²) < 4.78 is 0. The predicted octanol–water partition coefficient (Wildman–Crippen LogP) is 5.84. The van der Waals surface area contributed by atoms with Crippen LogP contribution in [0.2, 0.25) is 5.02 Å². The van der Waals surface area contributed by atoms with Crippen molar-refractivity contribution in [3.8, 4) is 0 Å². The number of hydrogen-bond donors (Lipinski definition) is 2. The average molecular weight is 443 g/mol. The molecule has 7 heteroatoms. The van der Waals surface area contributed by atoms with Crippen molar-refractivity contribution in [2.24, 2.45) is 0 Å². The summed E-state index contributed by atoms with van der Waals surface area (Å²) in [6.45, 7) is 0. The summed E-state index contributed by atoms with van der Waals surface area (Å²) in [5, 5.41) is 8.17. The molecule has 2 amide bonds. The van der Waals surface area contributed by atoms with Gasteiger partial charge < -0.3 is 10.6 Å². The highest BCUT2D eigenvalue weighted by molar-refractivity contribution is 7.98. The molecule has 2 aromatic carbocycles. The number of anilines is 1. The van der Waals surface area contributed by atoms with Crippen LogP contribution < -0.4 is 10.6 Å². The van der Waals surface area contributed by atoms with E-state index in [2.05, 4.69) is 16.7 Å². The number of thioether (sulfide) groups is 1. The first kappa shape index (κ1) is 20.0. The van der Waals surface area contributed by atoms with Crippen molar-refractivity contribution in [3.63, 3.8) is 0 Å². The van der Waals surface area contributed by atoms with Crippen LogP contribution in [0.1, 0.15) is 38.4 Å². The number of thiophene rings is 1. The predicted molar refractivity (Wildman–Crippen MR) is 120 cm³/mol. The zero-order valence-corrected chi connectivity index (χ0v) is 17.9. The van der Waals surface area contributed by atoms with Gasteiger partial charge in [-0.2, -0.15) is 0 Å². The molecule has 1 fully saturated rings. The van der Waals surface area contributed by atoms with E-state index in [1.165, 1.54) is 4.88 Å². The highest BCUT2D eigenvalue weighted by atomic mass is 35.5. The second kappa shape index (κ2) is 9.03. The summed E-state index contributed by atoms with van der Waals surface area (Å²) in [5.74, 6) is 0.440. The number of nitrogens with one attached hydrogen (secondary N) is 2. The van der Waals surface area contributed by atoms with Gasteiger partial charge in [0.2, 0.25) is 0 Å². The minimum Gasteiger partial charge on any atom is -0.349 e. The molecule has 0 bridgehead atoms. The number of carbonyl (C=O) groups excluding carboxylic acids is 2. The van der Waals surface area contributed by atoms with Gasteiger partial charge in [0.15, 0.2) is 0 Å². The SMILES string of the molecule is O=C(NC1CC1)c1ccc(NC(=O)c2ccccc2SCc2cccs2)cc1Cl. The van der Waals surface area contributed by atoms with Crippen molar-refractivity contribution in [3.05, 3.63) is 81.0 Å². The monoisotopic (exact) mass is 442 g/mol. The number of halogens is 1. The number of hydrogen-bond acceptors (Lipinski definition) is 4. The fourth-order valence-corrected chi connectivity index (χ4v) is 4.88. The summed E-state index contributed by atoms with van der Waals surface area (Å²) in [6, 6.07) is 16.9. The Hall–Kier alpha value is -2.28. The van der Waals surface area contributed by atoms with Crippen molar-refractivity contribution < 1.29 is 9.59 Å². The summed E-state index contributed by atoms with van der Waals surface area (Å²) in [5.41, 5.74) is 1.59. The fraction of sp³-hybridized carbons (Fsp3) is 0.182. The first-order valence-corrected chi connectivity index (χ1v) is 11.5. The second-order valence-electron chi connectivity index (χ2n) is 6.76. The molecule has 0 spiro atoms. The Morgan fingerprint density at radius 3 is 2.59 bits per heavy atom. The molecular formula is C22H19ClN2O2S2. The van der Waals surface area contributed by atoms with Gasteiger partial charge in [-0.05, 0) is 54.6 Å². The standard InChI is InChI=1S/C22H19ClN2O2S2/c23-19-12-15(9-10-17(19)21(26)24-14-7-8-14)25-22(27)18-5-1-2-6-20(18)29-13-16-4-3-11-28-16/h1-6,9-12,14H,7-8,13H2,(H,24,26)(H,25,27). The third-order valence-corrected chi connectivity index (χ3v) is 6.96. The van der Waals surface area contributed by atoms with Crippen LogP contribution in [0.4, 0.5) is 5.69 Å². The quantitative estimate of drug-likeness (QED) is 0.452. The molecule has 148 valence electrons. The molecule has 1 aliphatic rings. The lowest BCUT2D eigenvalue weighted by Crippen LogP contribution is -2.25. The number of carbonyl (C=O) groups is 2. The van der Waals surface area contributed by atoms with Crippen LogP contribution in [-0.2, 0) is 5.75 Å². The molecule has 29 heavy (non-hydrogen) atoms. The normalized spacial score (nSPS) is 13.1. The van der Waals surface area contributed by atoms with Crippen LogP contribution >= 0.6 is 34.7 Å². The molecule has 0 atom stereocenters. The molecule has 3 aromatic rings. The van der Waals surface area contributed by atoms with Crippen molar-refractivity contribution in [1.29, 1.82) is 0 Å². The van der Waals surface area contributed by atoms with Crippen LogP contribution in [0.15, 0.2) is 64.9 Å². The van der Waals surface area contributed by atoms with Crippen LogP contribution in [0.3, 0.4) is 0 Å². The van der Waals surface area contributed by atoms with Crippen molar-refractivity contribution in [1.82, 2.24) is 5.32 Å². The molecule has 1 heterocycles. The highest BCUT2D eigenvalue weighted by Gasteiger charge is 2.24. The number of benzene rings is 2. The summed E-state index contributed by atoms with van der Waals surface area (Å²) in [6.07, 6.45) is 2.03. The largest absolute Gasteiger partial charge is 0.349 e. The Balaban J connectivity index is 1.45. The van der Waals surface area contributed by atoms with Gasteiger partial charge in [0, 0.05) is 27.3 Å². The van der Waals surface area contributed by atoms with E-state index in [4.69, 9.17) is 11.6 Å². The number of rotatable bonds is 7. The van der Waals surface area contributed by atoms with Crippen LogP contribution in [0.5, 0.6) is 0 Å². The molecule has 0 aliphatic heterocycles. The molecule has 0 unspecified atom stereocenters. The van der Waals surface area contributed by atoms with Crippen LogP contribution in [-0.4, -0.2) is 17.9 Å². The lowest BCUT2D eigenvalue weighted by molar-refractivity contribution is 0.0950. The second-order valence-corrected chi connectivity index (χ2v) is 9.22. The lowest BCUT2D eigenvalue weighted by atomic mass is 10.1. The third-order valence-electron chi connectivity index (χ3n) is 4.47. The smallest absolute Gasteiger partial charge is 0.256 e. The topological polar surface area (TPSA) is 58.2 Å². The summed E-state index contributed by atoms with van der Waals surface area (Å²) in [7, 11) is 0. The Bertz CT molecular complexity index is 1030. The highest BCUT2D eigenvalue weighted by Crippen LogP contribution is 2.29. The molecule has 1 saturated carbocycles. The third kappa shape index (κ3) is 5.21. The van der Waals surface area contributed by atoms with Gasteiger partial charge >= 0.3 is 0 Å². The maximum atomic E-state index is 12.8. The zero-order valence-electron chi connectivity index (χ0n) is 15.5. The molecule has 4 nitrogen and oxygen atoms in total. The Morgan fingerprint density at radius 2 is 1.86 bits per heavy atom. The van der Waals surface area contributed by atoms with Crippen LogP contribution in [0.25, 0.3) is 0 Å². The first-order chi connectivity index (χ1) is 14.1. The zero-order chi connectivity index (χ0) is 20.2. The Labute approximate surface area is 182 Å². The van der Waals surface area contributed by atoms with Crippen LogP contribution in [0, 0.1) is 0 Å². The van der Waals surface area contributed by atoms with E-state index in [1.54, 1.807) is 41.3 Å². The van der Waals surface area contributed by atoms with Gasteiger partial charge in [0.25, 0.3) is 11.8 Å².